The molecule has 4 heterocycles. The van der Waals surface area contributed by atoms with Gasteiger partial charge in [0.15, 0.2) is 0 Å². The third kappa shape index (κ3) is 7.63. The monoisotopic (exact) mass is 694 g/mol. The Morgan fingerprint density at radius 1 is 1.10 bits per heavy atom. The molecule has 11 heteroatoms. The summed E-state index contributed by atoms with van der Waals surface area (Å²) in [6.45, 7) is 16.2. The van der Waals surface area contributed by atoms with Gasteiger partial charge in [-0.15, -0.1) is 0 Å². The highest BCUT2D eigenvalue weighted by molar-refractivity contribution is 7.44. The Hall–Kier alpha value is -4.11. The molecular formula is C39H51N8O2P. The summed E-state index contributed by atoms with van der Waals surface area (Å²) in [5.41, 5.74) is 11.7. The van der Waals surface area contributed by atoms with Gasteiger partial charge in [0.2, 0.25) is 0 Å². The van der Waals surface area contributed by atoms with Crippen molar-refractivity contribution in [3.63, 3.8) is 0 Å². The first-order valence-electron chi connectivity index (χ1n) is 18.1. The number of hydrazone groups is 1. The number of nitrogens with one attached hydrogen (secondary N) is 3. The molecule has 10 nitrogen and oxygen atoms in total. The fraction of sp³-hybridized carbons (Fsp3) is 0.436. The van der Waals surface area contributed by atoms with Gasteiger partial charge in [-0.05, 0) is 90.6 Å². The average molecular weight is 695 g/mol. The topological polar surface area (TPSA) is 91.7 Å². The van der Waals surface area contributed by atoms with Crippen LogP contribution in [0.3, 0.4) is 0 Å². The summed E-state index contributed by atoms with van der Waals surface area (Å²) in [4.78, 5) is 6.80. The average Bonchev–Trinajstić information content (AvgIpc) is 3.94. The molecule has 50 heavy (non-hydrogen) atoms. The summed E-state index contributed by atoms with van der Waals surface area (Å²) >= 11 is 0. The number of fused-ring (bicyclic) bond motifs is 1. The maximum Gasteiger partial charge on any atom is 0.119 e. The molecule has 0 radical (unpaired) electrons. The number of hydrogen-bond acceptors (Lipinski definition) is 9. The van der Waals surface area contributed by atoms with E-state index >= 15 is 0 Å². The van der Waals surface area contributed by atoms with Crippen LogP contribution >= 0.6 is 8.58 Å². The first-order chi connectivity index (χ1) is 24.4. The van der Waals surface area contributed by atoms with E-state index in [0.29, 0.717) is 34.0 Å². The Morgan fingerprint density at radius 3 is 2.48 bits per heavy atom. The lowest BCUT2D eigenvalue weighted by atomic mass is 9.86. The molecule has 3 N–H and O–H groups in total. The van der Waals surface area contributed by atoms with Crippen LogP contribution < -0.4 is 30.2 Å². The summed E-state index contributed by atoms with van der Waals surface area (Å²) < 4.78 is 13.0. The Balaban J connectivity index is 0.908. The second-order valence-electron chi connectivity index (χ2n) is 13.8. The predicted octanol–water partition coefficient (Wildman–Crippen LogP) is 6.46. The van der Waals surface area contributed by atoms with E-state index in [9.17, 15) is 0 Å². The van der Waals surface area contributed by atoms with Crippen molar-refractivity contribution in [3.05, 3.63) is 89.9 Å². The van der Waals surface area contributed by atoms with Crippen LogP contribution in [-0.2, 0) is 16.8 Å². The molecule has 4 aliphatic heterocycles. The number of piperazine rings is 1. The number of nitrogens with zero attached hydrogens (tertiary/aromatic N) is 5. The quantitative estimate of drug-likeness (QED) is 0.101. The number of hydrogen-bond donors (Lipinski definition) is 3. The minimum absolute atomic E-state index is 0.279. The molecule has 0 amide bonds. The van der Waals surface area contributed by atoms with Crippen LogP contribution in [-0.4, -0.2) is 82.4 Å². The Morgan fingerprint density at radius 2 is 1.82 bits per heavy atom. The largest absolute Gasteiger partial charge is 0.493 e. The van der Waals surface area contributed by atoms with Crippen LogP contribution in [0, 0.1) is 11.3 Å². The standard InChI is InChI=1S/C39H51N8O2P/c1-4-29(2)50-30(3)46(28-40)36-9-7-34(8-10-36)44-19-21-45(22-20-44)35-11-13-37(14-12-35)48-25-31-24-39(49-26-31,27-47-42-17-18-43-47)33-6-5-32-15-16-41-38(32)23-33/h5-14,17,23,28-29,31,40-41,43,50H,3-4,15-16,18-22,24-27H2,1-2H3. The fourth-order valence-corrected chi connectivity index (χ4v) is 8.49. The molecule has 0 bridgehead atoms. The SMILES string of the molecule is C=C(PC(C)CC)N(C=N)c1ccc(N2CCN(c3ccc(OCC4COC(CN5N=CCN5)(c5ccc6c(c5)NCC6)C4)cc3)CC2)cc1. The van der Waals surface area contributed by atoms with E-state index in [-0.39, 0.29) is 5.92 Å². The zero-order chi connectivity index (χ0) is 34.5. The molecule has 4 unspecified atom stereocenters. The zero-order valence-electron chi connectivity index (χ0n) is 29.4. The number of benzene rings is 3. The molecular weight excluding hydrogens is 643 g/mol. The highest BCUT2D eigenvalue weighted by Gasteiger charge is 2.44. The Bertz CT molecular complexity index is 1660. The van der Waals surface area contributed by atoms with Crippen molar-refractivity contribution in [2.75, 3.05) is 79.0 Å². The third-order valence-electron chi connectivity index (χ3n) is 10.5. The minimum Gasteiger partial charge on any atom is -0.493 e. The van der Waals surface area contributed by atoms with Gasteiger partial charge < -0.3 is 29.5 Å². The van der Waals surface area contributed by atoms with Gasteiger partial charge in [-0.1, -0.05) is 41.1 Å². The molecule has 0 spiro atoms. The van der Waals surface area contributed by atoms with Gasteiger partial charge in [0, 0.05) is 73.0 Å². The van der Waals surface area contributed by atoms with Crippen LogP contribution in [0.15, 0.2) is 83.8 Å². The molecule has 2 saturated heterocycles. The summed E-state index contributed by atoms with van der Waals surface area (Å²) in [6.07, 6.45) is 6.35. The fourth-order valence-electron chi connectivity index (χ4n) is 7.39. The Kier molecular flexibility index (Phi) is 10.6. The van der Waals surface area contributed by atoms with E-state index in [4.69, 9.17) is 14.9 Å². The third-order valence-corrected chi connectivity index (χ3v) is 11.9. The van der Waals surface area contributed by atoms with Gasteiger partial charge in [-0.2, -0.15) is 5.10 Å². The highest BCUT2D eigenvalue weighted by Crippen LogP contribution is 2.42. The van der Waals surface area contributed by atoms with Crippen molar-refractivity contribution in [1.29, 1.82) is 5.41 Å². The number of anilines is 4. The molecule has 0 aromatic heterocycles. The van der Waals surface area contributed by atoms with E-state index in [1.807, 2.05) is 16.2 Å². The molecule has 0 saturated carbocycles. The van der Waals surface area contributed by atoms with Gasteiger partial charge in [0.1, 0.15) is 11.4 Å². The summed E-state index contributed by atoms with van der Waals surface area (Å²) in [7, 11) is 0.614. The van der Waals surface area contributed by atoms with Gasteiger partial charge in [0.25, 0.3) is 0 Å². The lowest BCUT2D eigenvalue weighted by Crippen LogP contribution is -2.46. The van der Waals surface area contributed by atoms with E-state index in [2.05, 4.69) is 113 Å². The maximum atomic E-state index is 7.96. The summed E-state index contributed by atoms with van der Waals surface area (Å²) in [5, 5.41) is 17.9. The van der Waals surface area contributed by atoms with Crippen molar-refractivity contribution in [3.8, 4) is 5.75 Å². The molecule has 2 fully saturated rings. The van der Waals surface area contributed by atoms with Crippen molar-refractivity contribution < 1.29 is 9.47 Å². The van der Waals surface area contributed by atoms with Gasteiger partial charge in [0.05, 0.1) is 32.6 Å². The van der Waals surface area contributed by atoms with Gasteiger partial charge in [-0.25, -0.2) is 10.5 Å². The highest BCUT2D eigenvalue weighted by atomic mass is 31.1. The van der Waals surface area contributed by atoms with Crippen LogP contribution in [0.1, 0.15) is 37.8 Å². The van der Waals surface area contributed by atoms with Crippen LogP contribution in [0.2, 0.25) is 0 Å². The van der Waals surface area contributed by atoms with Crippen LogP contribution in [0.25, 0.3) is 0 Å². The van der Waals surface area contributed by atoms with E-state index < -0.39 is 5.60 Å². The number of ether oxygens (including phenoxy) is 2. The lowest BCUT2D eigenvalue weighted by molar-refractivity contribution is -0.0359. The summed E-state index contributed by atoms with van der Waals surface area (Å²) in [5.74, 6) is 1.17. The molecule has 4 aliphatic rings. The second-order valence-corrected chi connectivity index (χ2v) is 15.7. The molecule has 0 aliphatic carbocycles. The Labute approximate surface area is 298 Å². The first-order valence-corrected chi connectivity index (χ1v) is 19.1. The lowest BCUT2D eigenvalue weighted by Gasteiger charge is -2.37. The van der Waals surface area contributed by atoms with Gasteiger partial charge >= 0.3 is 0 Å². The van der Waals surface area contributed by atoms with Crippen molar-refractivity contribution >= 4 is 43.9 Å². The normalized spacial score (nSPS) is 22.2. The van der Waals surface area contributed by atoms with Crippen molar-refractivity contribution in [2.24, 2.45) is 11.0 Å². The van der Waals surface area contributed by atoms with E-state index in [1.54, 1.807) is 0 Å². The van der Waals surface area contributed by atoms with E-state index in [0.717, 1.165) is 75.4 Å². The van der Waals surface area contributed by atoms with Gasteiger partial charge in [-0.3, -0.25) is 5.41 Å². The van der Waals surface area contributed by atoms with E-state index in [1.165, 1.54) is 34.5 Å². The number of rotatable bonds is 14. The molecule has 264 valence electrons. The first kappa shape index (κ1) is 34.3. The molecule has 3 aromatic carbocycles. The zero-order valence-corrected chi connectivity index (χ0v) is 30.4. The van der Waals surface area contributed by atoms with Crippen molar-refractivity contribution in [1.82, 2.24) is 10.5 Å². The van der Waals surface area contributed by atoms with Crippen molar-refractivity contribution in [2.45, 2.75) is 44.4 Å². The second kappa shape index (κ2) is 15.4. The molecule has 4 atom stereocenters. The molecule has 7 rings (SSSR count). The smallest absolute Gasteiger partial charge is 0.119 e. The van der Waals surface area contributed by atoms with Crippen LogP contribution in [0.5, 0.6) is 5.75 Å². The maximum absolute atomic E-state index is 7.96. The molecule has 3 aromatic rings. The minimum atomic E-state index is -0.445. The summed E-state index contributed by atoms with van der Waals surface area (Å²) in [6, 6.07) is 23.9. The number of hydrazine groups is 1. The van der Waals surface area contributed by atoms with Crippen LogP contribution in [0.4, 0.5) is 22.7 Å². The predicted molar refractivity (Wildman–Crippen MR) is 209 cm³/mol.